The molecule has 1 saturated carbocycles. The van der Waals surface area contributed by atoms with Gasteiger partial charge in [-0.2, -0.15) is 0 Å². The zero-order valence-electron chi connectivity index (χ0n) is 19.0. The largest absolute Gasteiger partial charge is 0.373 e. The first-order valence-electron chi connectivity index (χ1n) is 11.1. The minimum atomic E-state index is -0.115. The fourth-order valence-corrected chi connectivity index (χ4v) is 3.95. The summed E-state index contributed by atoms with van der Waals surface area (Å²) in [5.41, 5.74) is -0.218. The summed E-state index contributed by atoms with van der Waals surface area (Å²) in [5.74, 6) is 7.32. The highest BCUT2D eigenvalue weighted by Gasteiger charge is 2.40. The minimum absolute atomic E-state index is 0.103. The van der Waals surface area contributed by atoms with E-state index in [1.807, 2.05) is 20.8 Å². The summed E-state index contributed by atoms with van der Waals surface area (Å²) >= 11 is 0. The third-order valence-corrected chi connectivity index (χ3v) is 5.49. The highest BCUT2D eigenvalue weighted by atomic mass is 16.5. The highest BCUT2D eigenvalue weighted by molar-refractivity contribution is 5.84. The molecule has 4 heteroatoms. The number of carbonyl (C=O) groups excluding carboxylic acids is 1. The standard InChI is InChI=1S/C24H41NO3/c1-23(2,3)27-16-10-8-7-9-13-25-14-11-19(12-15-25)22(26)20-17-21(18-20)28-24(4,5)6/h19-21H,7,9,11-18H2,1-6H3. The van der Waals surface area contributed by atoms with E-state index in [0.717, 1.165) is 58.2 Å². The SMILES string of the molecule is CC(C)(C)OCC#CCCCN1CCC(C(=O)C2CC(OC(C)(C)C)C2)CC1. The second-order valence-electron chi connectivity index (χ2n) is 10.4. The van der Waals surface area contributed by atoms with Crippen LogP contribution in [-0.2, 0) is 14.3 Å². The van der Waals surface area contributed by atoms with Crippen molar-refractivity contribution in [3.05, 3.63) is 0 Å². The lowest BCUT2D eigenvalue weighted by Gasteiger charge is -2.41. The van der Waals surface area contributed by atoms with Crippen LogP contribution in [0.2, 0.25) is 0 Å². The monoisotopic (exact) mass is 391 g/mol. The van der Waals surface area contributed by atoms with Gasteiger partial charge in [0.15, 0.2) is 0 Å². The fourth-order valence-electron chi connectivity index (χ4n) is 3.95. The predicted octanol–water partition coefficient (Wildman–Crippen LogP) is 4.46. The molecule has 2 aliphatic rings. The Bertz CT molecular complexity index is 547. The van der Waals surface area contributed by atoms with Crippen molar-refractivity contribution in [2.24, 2.45) is 11.8 Å². The molecule has 1 aliphatic heterocycles. The molecule has 1 saturated heterocycles. The lowest BCUT2D eigenvalue weighted by Crippen LogP contribution is -2.45. The predicted molar refractivity (Wildman–Crippen MR) is 114 cm³/mol. The van der Waals surface area contributed by atoms with E-state index in [2.05, 4.69) is 37.5 Å². The van der Waals surface area contributed by atoms with Crippen molar-refractivity contribution >= 4 is 5.78 Å². The van der Waals surface area contributed by atoms with Gasteiger partial charge in [0, 0.05) is 18.3 Å². The van der Waals surface area contributed by atoms with Crippen molar-refractivity contribution in [2.75, 3.05) is 26.2 Å². The number of ketones is 1. The van der Waals surface area contributed by atoms with Gasteiger partial charge in [0.1, 0.15) is 12.4 Å². The average molecular weight is 392 g/mol. The second-order valence-corrected chi connectivity index (χ2v) is 10.4. The molecule has 0 bridgehead atoms. The van der Waals surface area contributed by atoms with E-state index >= 15 is 0 Å². The maximum absolute atomic E-state index is 12.7. The van der Waals surface area contributed by atoms with Gasteiger partial charge in [-0.05, 0) is 93.3 Å². The molecule has 1 heterocycles. The number of hydrogen-bond donors (Lipinski definition) is 0. The molecule has 0 aromatic carbocycles. The number of nitrogens with zero attached hydrogens (tertiary/aromatic N) is 1. The van der Waals surface area contributed by atoms with Crippen molar-refractivity contribution in [2.45, 2.75) is 97.4 Å². The number of unbranched alkanes of at least 4 members (excludes halogenated alkanes) is 1. The van der Waals surface area contributed by atoms with Crippen LogP contribution in [0.5, 0.6) is 0 Å². The van der Waals surface area contributed by atoms with Crippen molar-refractivity contribution in [3.8, 4) is 11.8 Å². The summed E-state index contributed by atoms with van der Waals surface area (Å²) in [6.07, 6.45) is 6.18. The van der Waals surface area contributed by atoms with E-state index in [1.165, 1.54) is 0 Å². The van der Waals surface area contributed by atoms with Gasteiger partial charge < -0.3 is 14.4 Å². The number of piperidine rings is 1. The van der Waals surface area contributed by atoms with Gasteiger partial charge in [-0.15, -0.1) is 5.92 Å². The first-order valence-corrected chi connectivity index (χ1v) is 11.1. The van der Waals surface area contributed by atoms with Crippen LogP contribution in [0.1, 0.15) is 80.1 Å². The van der Waals surface area contributed by atoms with E-state index < -0.39 is 0 Å². The van der Waals surface area contributed by atoms with E-state index in [9.17, 15) is 4.79 Å². The molecule has 28 heavy (non-hydrogen) atoms. The second kappa shape index (κ2) is 10.2. The molecule has 0 aromatic heterocycles. The smallest absolute Gasteiger partial charge is 0.139 e. The van der Waals surface area contributed by atoms with Crippen LogP contribution >= 0.6 is 0 Å². The number of ether oxygens (including phenoxy) is 2. The molecule has 160 valence electrons. The molecule has 0 N–H and O–H groups in total. The minimum Gasteiger partial charge on any atom is -0.373 e. The normalized spacial score (nSPS) is 24.4. The van der Waals surface area contributed by atoms with Gasteiger partial charge in [-0.1, -0.05) is 5.92 Å². The third kappa shape index (κ3) is 8.64. The van der Waals surface area contributed by atoms with Crippen LogP contribution in [0.4, 0.5) is 0 Å². The first kappa shape index (κ1) is 23.4. The first-order chi connectivity index (χ1) is 13.0. The van der Waals surface area contributed by atoms with E-state index in [1.54, 1.807) is 0 Å². The number of Topliss-reactive ketones (excluding diaryl/α,β-unsaturated/α-hetero) is 1. The molecule has 1 aliphatic carbocycles. The topological polar surface area (TPSA) is 38.8 Å². The summed E-state index contributed by atoms with van der Waals surface area (Å²) in [6, 6.07) is 0. The molecular formula is C24H41NO3. The van der Waals surface area contributed by atoms with Gasteiger partial charge in [-0.25, -0.2) is 0 Å². The highest BCUT2D eigenvalue weighted by Crippen LogP contribution is 2.37. The molecule has 0 aromatic rings. The number of rotatable bonds is 7. The zero-order valence-corrected chi connectivity index (χ0v) is 19.0. The Morgan fingerprint density at radius 2 is 1.61 bits per heavy atom. The van der Waals surface area contributed by atoms with Gasteiger partial charge in [0.25, 0.3) is 0 Å². The van der Waals surface area contributed by atoms with Crippen molar-refractivity contribution in [1.82, 2.24) is 4.90 Å². The van der Waals surface area contributed by atoms with Crippen molar-refractivity contribution in [3.63, 3.8) is 0 Å². The Morgan fingerprint density at radius 3 is 2.18 bits per heavy atom. The van der Waals surface area contributed by atoms with E-state index in [-0.39, 0.29) is 29.1 Å². The lowest BCUT2D eigenvalue weighted by molar-refractivity contribution is -0.147. The van der Waals surface area contributed by atoms with Crippen LogP contribution in [-0.4, -0.2) is 54.2 Å². The van der Waals surface area contributed by atoms with Crippen molar-refractivity contribution < 1.29 is 14.3 Å². The fraction of sp³-hybridized carbons (Fsp3) is 0.875. The summed E-state index contributed by atoms with van der Waals surface area (Å²) in [6.45, 7) is 16.1. The Kier molecular flexibility index (Phi) is 8.55. The molecule has 2 rings (SSSR count). The summed E-state index contributed by atoms with van der Waals surface area (Å²) in [7, 11) is 0. The maximum Gasteiger partial charge on any atom is 0.139 e. The molecule has 0 radical (unpaired) electrons. The molecule has 0 unspecified atom stereocenters. The number of carbonyl (C=O) groups is 1. The van der Waals surface area contributed by atoms with Gasteiger partial charge in [-0.3, -0.25) is 4.79 Å². The van der Waals surface area contributed by atoms with Crippen molar-refractivity contribution in [1.29, 1.82) is 0 Å². The van der Waals surface area contributed by atoms with E-state index in [4.69, 9.17) is 9.47 Å². The lowest BCUT2D eigenvalue weighted by atomic mass is 9.73. The van der Waals surface area contributed by atoms with Crippen LogP contribution in [0.25, 0.3) is 0 Å². The Morgan fingerprint density at radius 1 is 0.964 bits per heavy atom. The third-order valence-electron chi connectivity index (χ3n) is 5.49. The molecular weight excluding hydrogens is 350 g/mol. The quantitative estimate of drug-likeness (QED) is 0.474. The molecule has 0 spiro atoms. The number of likely N-dealkylation sites (tertiary alicyclic amines) is 1. The Labute approximate surface area is 172 Å². The van der Waals surface area contributed by atoms with Crippen LogP contribution < -0.4 is 0 Å². The summed E-state index contributed by atoms with van der Waals surface area (Å²) in [5, 5.41) is 0. The van der Waals surface area contributed by atoms with Crippen LogP contribution in [0.15, 0.2) is 0 Å². The average Bonchev–Trinajstić information content (AvgIpc) is 2.55. The van der Waals surface area contributed by atoms with E-state index in [0.29, 0.717) is 12.4 Å². The molecule has 0 atom stereocenters. The Hall–Kier alpha value is -0.890. The van der Waals surface area contributed by atoms with Gasteiger partial charge >= 0.3 is 0 Å². The van der Waals surface area contributed by atoms with Gasteiger partial charge in [0.2, 0.25) is 0 Å². The zero-order chi connectivity index (χ0) is 20.8. The Balaban J connectivity index is 1.56. The van der Waals surface area contributed by atoms with Crippen LogP contribution in [0, 0.1) is 23.7 Å². The maximum atomic E-state index is 12.7. The molecule has 4 nitrogen and oxygen atoms in total. The van der Waals surface area contributed by atoms with Crippen LogP contribution in [0.3, 0.4) is 0 Å². The summed E-state index contributed by atoms with van der Waals surface area (Å²) in [4.78, 5) is 15.2. The molecule has 2 fully saturated rings. The summed E-state index contributed by atoms with van der Waals surface area (Å²) < 4.78 is 11.6. The van der Waals surface area contributed by atoms with Gasteiger partial charge in [0.05, 0.1) is 17.3 Å². The number of hydrogen-bond acceptors (Lipinski definition) is 4. The molecule has 0 amide bonds.